The number of likely N-dealkylation sites (N-methyl/N-ethyl adjacent to an activating group) is 1. The molecule has 0 spiro atoms. The Morgan fingerprint density at radius 2 is 1.92 bits per heavy atom. The molecule has 3 aliphatic rings. The lowest BCUT2D eigenvalue weighted by Gasteiger charge is -2.40. The maximum Gasteiger partial charge on any atom is 0.243 e. The lowest BCUT2D eigenvalue weighted by molar-refractivity contribution is -0.0209. The van der Waals surface area contributed by atoms with Crippen molar-refractivity contribution in [2.45, 2.75) is 36.3 Å². The van der Waals surface area contributed by atoms with E-state index < -0.39 is 10.0 Å². The molecule has 2 aliphatic heterocycles. The van der Waals surface area contributed by atoms with Crippen LogP contribution in [0.1, 0.15) is 18.4 Å². The summed E-state index contributed by atoms with van der Waals surface area (Å²) in [4.78, 5) is 2.61. The van der Waals surface area contributed by atoms with Crippen molar-refractivity contribution < 1.29 is 17.9 Å². The topological polar surface area (TPSA) is 59.1 Å². The zero-order chi connectivity index (χ0) is 18.5. The molecule has 26 heavy (non-hydrogen) atoms. The van der Waals surface area contributed by atoms with Gasteiger partial charge in [-0.25, -0.2) is 8.42 Å². The van der Waals surface area contributed by atoms with Crippen molar-refractivity contribution in [1.82, 2.24) is 9.21 Å². The van der Waals surface area contributed by atoms with Crippen LogP contribution in [0.15, 0.2) is 23.1 Å². The second-order valence-corrected chi connectivity index (χ2v) is 9.92. The lowest BCUT2D eigenvalue weighted by Crippen LogP contribution is -2.47. The summed E-state index contributed by atoms with van der Waals surface area (Å²) in [6.07, 6.45) is 2.86. The van der Waals surface area contributed by atoms with Crippen LogP contribution in [0.3, 0.4) is 0 Å². The van der Waals surface area contributed by atoms with Gasteiger partial charge in [-0.15, -0.1) is 0 Å². The summed E-state index contributed by atoms with van der Waals surface area (Å²) in [6, 6.07) is 5.62. The Morgan fingerprint density at radius 3 is 2.62 bits per heavy atom. The molecule has 0 radical (unpaired) electrons. The molecular weight excluding hydrogens is 352 g/mol. The molecule has 144 valence electrons. The summed E-state index contributed by atoms with van der Waals surface area (Å²) >= 11 is 0. The monoisotopic (exact) mass is 380 g/mol. The van der Waals surface area contributed by atoms with Gasteiger partial charge in [-0.1, -0.05) is 0 Å². The smallest absolute Gasteiger partial charge is 0.243 e. The fourth-order valence-corrected chi connectivity index (χ4v) is 6.42. The number of fused-ring (bicyclic) bond motifs is 2. The van der Waals surface area contributed by atoms with Crippen LogP contribution < -0.4 is 4.74 Å². The first-order valence-electron chi connectivity index (χ1n) is 9.35. The van der Waals surface area contributed by atoms with Gasteiger partial charge in [0.1, 0.15) is 5.75 Å². The molecule has 2 fully saturated rings. The Kier molecular flexibility index (Phi) is 4.75. The maximum atomic E-state index is 13.2. The third-order valence-corrected chi connectivity index (χ3v) is 8.14. The second-order valence-electron chi connectivity index (χ2n) is 7.99. The van der Waals surface area contributed by atoms with E-state index in [-0.39, 0.29) is 6.10 Å². The average molecular weight is 381 g/mol. The van der Waals surface area contributed by atoms with Gasteiger partial charge in [-0.3, -0.25) is 0 Å². The van der Waals surface area contributed by atoms with Crippen molar-refractivity contribution in [1.29, 1.82) is 0 Å². The quantitative estimate of drug-likeness (QED) is 0.794. The van der Waals surface area contributed by atoms with E-state index in [1.165, 1.54) is 0 Å². The Hall–Kier alpha value is -1.15. The van der Waals surface area contributed by atoms with E-state index in [4.69, 9.17) is 9.47 Å². The normalized spacial score (nSPS) is 31.7. The van der Waals surface area contributed by atoms with Crippen LogP contribution in [0.2, 0.25) is 0 Å². The third-order valence-electron chi connectivity index (χ3n) is 6.32. The van der Waals surface area contributed by atoms with Crippen molar-refractivity contribution in [3.05, 3.63) is 23.8 Å². The first-order valence-corrected chi connectivity index (χ1v) is 10.8. The van der Waals surface area contributed by atoms with Crippen LogP contribution in [-0.2, 0) is 21.2 Å². The molecular formula is C19H28N2O4S. The molecule has 2 heterocycles. The van der Waals surface area contributed by atoms with E-state index in [0.29, 0.717) is 42.5 Å². The number of hydrogen-bond donors (Lipinski definition) is 0. The third kappa shape index (κ3) is 3.05. The van der Waals surface area contributed by atoms with Gasteiger partial charge >= 0.3 is 0 Å². The van der Waals surface area contributed by atoms with E-state index in [2.05, 4.69) is 19.0 Å². The van der Waals surface area contributed by atoms with E-state index in [0.717, 1.165) is 30.6 Å². The minimum absolute atomic E-state index is 0.172. The molecule has 1 saturated carbocycles. The molecule has 6 nitrogen and oxygen atoms in total. The van der Waals surface area contributed by atoms with Crippen molar-refractivity contribution >= 4 is 10.0 Å². The molecule has 0 N–H and O–H groups in total. The summed E-state index contributed by atoms with van der Waals surface area (Å²) in [5.74, 6) is 1.60. The number of nitrogens with zero attached hydrogens (tertiary/aromatic N) is 2. The fourth-order valence-electron chi connectivity index (χ4n) is 4.81. The predicted molar refractivity (Wildman–Crippen MR) is 98.9 cm³/mol. The van der Waals surface area contributed by atoms with E-state index in [1.54, 1.807) is 29.6 Å². The highest BCUT2D eigenvalue weighted by molar-refractivity contribution is 7.89. The molecule has 7 heteroatoms. The Balaban J connectivity index is 1.54. The molecule has 1 saturated heterocycles. The Bertz CT molecular complexity index is 780. The molecule has 4 rings (SSSR count). The lowest BCUT2D eigenvalue weighted by atomic mass is 9.77. The molecule has 1 aromatic rings. The van der Waals surface area contributed by atoms with Crippen LogP contribution in [-0.4, -0.2) is 70.7 Å². The molecule has 4 atom stereocenters. The summed E-state index contributed by atoms with van der Waals surface area (Å²) in [7, 11) is 2.46. The van der Waals surface area contributed by atoms with Crippen LogP contribution in [0.5, 0.6) is 5.75 Å². The summed E-state index contributed by atoms with van der Waals surface area (Å²) in [6.45, 7) is 1.85. The summed E-state index contributed by atoms with van der Waals surface area (Å²) < 4.78 is 39.3. The largest absolute Gasteiger partial charge is 0.493 e. The average Bonchev–Trinajstić information content (AvgIpc) is 3.25. The highest BCUT2D eigenvalue weighted by Gasteiger charge is 2.46. The Labute approximate surface area is 156 Å². The molecule has 1 aliphatic carbocycles. The van der Waals surface area contributed by atoms with Crippen LogP contribution >= 0.6 is 0 Å². The van der Waals surface area contributed by atoms with Gasteiger partial charge in [-0.2, -0.15) is 4.31 Å². The van der Waals surface area contributed by atoms with Gasteiger partial charge in [0.25, 0.3) is 0 Å². The summed E-state index contributed by atoms with van der Waals surface area (Å²) in [5, 5.41) is 0. The number of hydrogen-bond acceptors (Lipinski definition) is 5. The molecule has 0 bridgehead atoms. The van der Waals surface area contributed by atoms with Gasteiger partial charge in [0.2, 0.25) is 10.0 Å². The molecule has 0 unspecified atom stereocenters. The van der Waals surface area contributed by atoms with Crippen LogP contribution in [0, 0.1) is 11.8 Å². The predicted octanol–water partition coefficient (Wildman–Crippen LogP) is 1.60. The van der Waals surface area contributed by atoms with Gasteiger partial charge in [0.15, 0.2) is 0 Å². The van der Waals surface area contributed by atoms with Gasteiger partial charge in [0, 0.05) is 32.7 Å². The highest BCUT2D eigenvalue weighted by atomic mass is 32.2. The molecule has 0 aromatic heterocycles. The SMILES string of the molecule is CO[C@@H]1C[C@H]2CN(S(=O)(=O)c3ccc4c(c3)CCO4)C[C@H]2C[C@H]1N(C)C. The number of rotatable bonds is 4. The van der Waals surface area contributed by atoms with Gasteiger partial charge in [0.05, 0.1) is 17.6 Å². The van der Waals surface area contributed by atoms with Crippen LogP contribution in [0.25, 0.3) is 0 Å². The number of benzene rings is 1. The van der Waals surface area contributed by atoms with E-state index in [1.807, 2.05) is 0 Å². The second kappa shape index (κ2) is 6.78. The van der Waals surface area contributed by atoms with Crippen molar-refractivity contribution in [2.75, 3.05) is 40.9 Å². The first kappa shape index (κ1) is 18.2. The Morgan fingerprint density at radius 1 is 1.19 bits per heavy atom. The van der Waals surface area contributed by atoms with Crippen molar-refractivity contribution in [3.63, 3.8) is 0 Å². The van der Waals surface area contributed by atoms with Crippen molar-refractivity contribution in [2.24, 2.45) is 11.8 Å². The number of sulfonamides is 1. The zero-order valence-electron chi connectivity index (χ0n) is 15.7. The van der Waals surface area contributed by atoms with Crippen LogP contribution in [0.4, 0.5) is 0 Å². The highest BCUT2D eigenvalue weighted by Crippen LogP contribution is 2.41. The number of ether oxygens (including phenoxy) is 2. The van der Waals surface area contributed by atoms with Gasteiger partial charge in [-0.05, 0) is 62.5 Å². The van der Waals surface area contributed by atoms with E-state index in [9.17, 15) is 8.42 Å². The zero-order valence-corrected chi connectivity index (χ0v) is 16.5. The first-order chi connectivity index (χ1) is 12.4. The van der Waals surface area contributed by atoms with E-state index >= 15 is 0 Å². The van der Waals surface area contributed by atoms with Gasteiger partial charge < -0.3 is 14.4 Å². The molecule has 0 amide bonds. The minimum atomic E-state index is -3.46. The van der Waals surface area contributed by atoms with Crippen molar-refractivity contribution in [3.8, 4) is 5.75 Å². The fraction of sp³-hybridized carbons (Fsp3) is 0.684. The number of methoxy groups -OCH3 is 1. The maximum absolute atomic E-state index is 13.2. The standard InChI is InChI=1S/C19H28N2O4S/c1-20(2)17-9-14-11-21(12-15(14)10-19(17)24-3)26(22,23)16-4-5-18-13(8-16)6-7-25-18/h4-5,8,14-15,17,19H,6-7,9-12H2,1-3H3/t14-,15+,17-,19-/m1/s1. The minimum Gasteiger partial charge on any atom is -0.493 e. The molecule has 1 aromatic carbocycles. The summed E-state index contributed by atoms with van der Waals surface area (Å²) in [5.41, 5.74) is 0.995.